The molecule has 0 aliphatic carbocycles. The van der Waals surface area contributed by atoms with E-state index >= 15 is 0 Å². The fraction of sp³-hybridized carbons (Fsp3) is 0.294. The van der Waals surface area contributed by atoms with E-state index in [1.165, 1.54) is 37.6 Å². The number of likely N-dealkylation sites (N-methyl/N-ethyl adjacent to an activating group) is 1. The third-order valence-corrected chi connectivity index (χ3v) is 5.56. The van der Waals surface area contributed by atoms with E-state index in [1.807, 2.05) is 6.92 Å². The Morgan fingerprint density at radius 3 is 2.73 bits per heavy atom. The van der Waals surface area contributed by atoms with Gasteiger partial charge in [0.25, 0.3) is 15.9 Å². The zero-order valence-corrected chi connectivity index (χ0v) is 15.2. The summed E-state index contributed by atoms with van der Waals surface area (Å²) in [5.41, 5.74) is 0.818. The summed E-state index contributed by atoms with van der Waals surface area (Å²) in [5, 5.41) is 0. The van der Waals surface area contributed by atoms with Crippen LogP contribution in [-0.2, 0) is 21.3 Å². The molecular weight excluding hydrogens is 358 g/mol. The lowest BCUT2D eigenvalue weighted by molar-refractivity contribution is 0.0600. The molecule has 138 valence electrons. The number of hydrogen-bond donors (Lipinski definition) is 1. The molecule has 0 saturated carbocycles. The highest BCUT2D eigenvalue weighted by molar-refractivity contribution is 7.92. The number of carbonyl (C=O) groups excluding carboxylic acids is 2. The highest BCUT2D eigenvalue weighted by Crippen LogP contribution is 2.22. The van der Waals surface area contributed by atoms with E-state index in [1.54, 1.807) is 15.5 Å². The number of hydrogen-bond acceptors (Lipinski definition) is 5. The lowest BCUT2D eigenvalue weighted by Crippen LogP contribution is -2.39. The number of methoxy groups -OCH3 is 1. The molecular formula is C17H19N3O5S. The van der Waals surface area contributed by atoms with Crippen molar-refractivity contribution in [2.24, 2.45) is 0 Å². The lowest BCUT2D eigenvalue weighted by Gasteiger charge is -2.26. The third kappa shape index (κ3) is 3.30. The van der Waals surface area contributed by atoms with Gasteiger partial charge in [0, 0.05) is 31.5 Å². The summed E-state index contributed by atoms with van der Waals surface area (Å²) >= 11 is 0. The Morgan fingerprint density at radius 2 is 2.04 bits per heavy atom. The van der Waals surface area contributed by atoms with Crippen molar-refractivity contribution in [3.63, 3.8) is 0 Å². The summed E-state index contributed by atoms with van der Waals surface area (Å²) in [6.07, 6.45) is 1.45. The third-order valence-electron chi connectivity index (χ3n) is 4.22. The predicted molar refractivity (Wildman–Crippen MR) is 94.6 cm³/mol. The first-order valence-corrected chi connectivity index (χ1v) is 9.54. The second kappa shape index (κ2) is 6.83. The van der Waals surface area contributed by atoms with Crippen LogP contribution in [-0.4, -0.2) is 50.0 Å². The van der Waals surface area contributed by atoms with Gasteiger partial charge in [-0.25, -0.2) is 13.2 Å². The van der Waals surface area contributed by atoms with Gasteiger partial charge in [0.15, 0.2) is 0 Å². The van der Waals surface area contributed by atoms with Crippen LogP contribution >= 0.6 is 0 Å². The van der Waals surface area contributed by atoms with E-state index in [4.69, 9.17) is 0 Å². The molecule has 0 bridgehead atoms. The van der Waals surface area contributed by atoms with Crippen molar-refractivity contribution in [1.29, 1.82) is 0 Å². The van der Waals surface area contributed by atoms with Crippen molar-refractivity contribution in [1.82, 2.24) is 9.47 Å². The number of nitrogens with one attached hydrogen (secondary N) is 1. The molecule has 9 heteroatoms. The number of nitrogens with zero attached hydrogens (tertiary/aromatic N) is 2. The number of aromatic nitrogens is 1. The van der Waals surface area contributed by atoms with Gasteiger partial charge in [-0.15, -0.1) is 0 Å². The van der Waals surface area contributed by atoms with Crippen LogP contribution in [0.1, 0.15) is 27.8 Å². The minimum absolute atomic E-state index is 0.00211. The minimum Gasteiger partial charge on any atom is -0.465 e. The normalized spacial score (nSPS) is 14.1. The number of esters is 1. The zero-order chi connectivity index (χ0) is 18.9. The fourth-order valence-electron chi connectivity index (χ4n) is 2.83. The number of anilines is 1. The summed E-state index contributed by atoms with van der Waals surface area (Å²) in [4.78, 5) is 25.6. The maximum Gasteiger partial charge on any atom is 0.337 e. The van der Waals surface area contributed by atoms with Gasteiger partial charge in [-0.05, 0) is 31.2 Å². The molecule has 8 nitrogen and oxygen atoms in total. The average molecular weight is 377 g/mol. The standard InChI is InChI=1S/C17H19N3O5S/c1-3-19-7-8-20-11-14(10-15(20)16(19)21)26(23,24)18-13-6-4-5-12(9-13)17(22)25-2/h4-6,9-11,18H,3,7-8H2,1-2H3. The molecule has 1 amide bonds. The summed E-state index contributed by atoms with van der Waals surface area (Å²) in [6.45, 7) is 3.54. The van der Waals surface area contributed by atoms with Gasteiger partial charge in [0.05, 0.1) is 12.7 Å². The summed E-state index contributed by atoms with van der Waals surface area (Å²) < 4.78 is 34.0. The van der Waals surface area contributed by atoms with Crippen molar-refractivity contribution in [3.8, 4) is 0 Å². The first-order chi connectivity index (χ1) is 12.4. The minimum atomic E-state index is -3.90. The molecule has 0 saturated heterocycles. The molecule has 1 N–H and O–H groups in total. The number of fused-ring (bicyclic) bond motifs is 1. The topological polar surface area (TPSA) is 97.7 Å². The van der Waals surface area contributed by atoms with E-state index in [9.17, 15) is 18.0 Å². The van der Waals surface area contributed by atoms with Crippen LogP contribution in [0.4, 0.5) is 5.69 Å². The molecule has 1 aliphatic heterocycles. The van der Waals surface area contributed by atoms with Gasteiger partial charge in [-0.3, -0.25) is 9.52 Å². The zero-order valence-electron chi connectivity index (χ0n) is 14.4. The van der Waals surface area contributed by atoms with Crippen LogP contribution in [0.2, 0.25) is 0 Å². The van der Waals surface area contributed by atoms with E-state index in [0.29, 0.717) is 25.3 Å². The average Bonchev–Trinajstić information content (AvgIpc) is 3.07. The predicted octanol–water partition coefficient (Wildman–Crippen LogP) is 1.55. The highest BCUT2D eigenvalue weighted by Gasteiger charge is 2.27. The molecule has 0 unspecified atom stereocenters. The van der Waals surface area contributed by atoms with Crippen LogP contribution in [0.5, 0.6) is 0 Å². The number of amides is 1. The van der Waals surface area contributed by atoms with E-state index < -0.39 is 16.0 Å². The quantitative estimate of drug-likeness (QED) is 0.798. The first-order valence-electron chi connectivity index (χ1n) is 8.06. The van der Waals surface area contributed by atoms with Gasteiger partial charge in [0.2, 0.25) is 0 Å². The Labute approximate surface area is 151 Å². The molecule has 1 aromatic carbocycles. The Bertz CT molecular complexity index is 965. The monoisotopic (exact) mass is 377 g/mol. The lowest BCUT2D eigenvalue weighted by atomic mass is 10.2. The molecule has 2 heterocycles. The number of carbonyl (C=O) groups is 2. The second-order valence-corrected chi connectivity index (χ2v) is 7.50. The summed E-state index contributed by atoms with van der Waals surface area (Å²) in [7, 11) is -2.65. The molecule has 0 spiro atoms. The molecule has 0 radical (unpaired) electrons. The number of sulfonamides is 1. The molecule has 2 aromatic rings. The van der Waals surface area contributed by atoms with E-state index in [0.717, 1.165) is 0 Å². The van der Waals surface area contributed by atoms with Gasteiger partial charge in [0.1, 0.15) is 10.6 Å². The number of ether oxygens (including phenoxy) is 1. The van der Waals surface area contributed by atoms with Crippen molar-refractivity contribution in [3.05, 3.63) is 47.8 Å². The van der Waals surface area contributed by atoms with Gasteiger partial charge in [-0.1, -0.05) is 6.07 Å². The fourth-order valence-corrected chi connectivity index (χ4v) is 3.92. The van der Waals surface area contributed by atoms with Gasteiger partial charge < -0.3 is 14.2 Å². The van der Waals surface area contributed by atoms with Crippen LogP contribution in [0.25, 0.3) is 0 Å². The van der Waals surface area contributed by atoms with Crippen LogP contribution in [0.3, 0.4) is 0 Å². The molecule has 1 aromatic heterocycles. The van der Waals surface area contributed by atoms with Crippen LogP contribution in [0, 0.1) is 0 Å². The largest absolute Gasteiger partial charge is 0.465 e. The Kier molecular flexibility index (Phi) is 4.73. The number of benzene rings is 1. The smallest absolute Gasteiger partial charge is 0.337 e. The Morgan fingerprint density at radius 1 is 1.27 bits per heavy atom. The summed E-state index contributed by atoms with van der Waals surface area (Å²) in [5.74, 6) is -0.747. The van der Waals surface area contributed by atoms with Crippen molar-refractivity contribution in [2.75, 3.05) is 24.9 Å². The first kappa shape index (κ1) is 18.0. The highest BCUT2D eigenvalue weighted by atomic mass is 32.2. The molecule has 26 heavy (non-hydrogen) atoms. The van der Waals surface area contributed by atoms with Crippen molar-refractivity contribution >= 4 is 27.6 Å². The van der Waals surface area contributed by atoms with Gasteiger partial charge in [-0.2, -0.15) is 0 Å². The van der Waals surface area contributed by atoms with Crippen molar-refractivity contribution in [2.45, 2.75) is 18.4 Å². The Balaban J connectivity index is 1.88. The molecule has 0 atom stereocenters. The maximum absolute atomic E-state index is 12.7. The summed E-state index contributed by atoms with van der Waals surface area (Å²) in [6, 6.07) is 7.38. The molecule has 1 aliphatic rings. The number of rotatable bonds is 5. The molecule has 3 rings (SSSR count). The van der Waals surface area contributed by atoms with Gasteiger partial charge >= 0.3 is 5.97 Å². The van der Waals surface area contributed by atoms with Crippen LogP contribution in [0.15, 0.2) is 41.4 Å². The second-order valence-electron chi connectivity index (χ2n) is 5.82. The van der Waals surface area contributed by atoms with Crippen molar-refractivity contribution < 1.29 is 22.7 Å². The Hall–Kier alpha value is -2.81. The van der Waals surface area contributed by atoms with E-state index in [-0.39, 0.29) is 22.1 Å². The van der Waals surface area contributed by atoms with Crippen LogP contribution < -0.4 is 4.72 Å². The molecule has 0 fully saturated rings. The van der Waals surface area contributed by atoms with E-state index in [2.05, 4.69) is 9.46 Å². The SMILES string of the molecule is CCN1CCn2cc(S(=O)(=O)Nc3cccc(C(=O)OC)c3)cc2C1=O. The maximum atomic E-state index is 12.7.